The number of carbonyl (C=O) groups excluding carboxylic acids is 1. The Balaban J connectivity index is 1.84. The van der Waals surface area contributed by atoms with Crippen molar-refractivity contribution >= 4 is 17.5 Å². The fourth-order valence-corrected chi connectivity index (χ4v) is 3.98. The predicted molar refractivity (Wildman–Crippen MR) is 127 cm³/mol. The number of benzene rings is 2. The van der Waals surface area contributed by atoms with Crippen LogP contribution in [0.4, 0.5) is 11.6 Å². The van der Waals surface area contributed by atoms with E-state index < -0.39 is 6.04 Å². The third-order valence-corrected chi connectivity index (χ3v) is 5.50. The lowest BCUT2D eigenvalue weighted by Crippen LogP contribution is -2.32. The van der Waals surface area contributed by atoms with Gasteiger partial charge in [0.2, 0.25) is 5.95 Å². The Labute approximate surface area is 197 Å². The molecule has 3 aromatic rings. The second-order valence-electron chi connectivity index (χ2n) is 7.43. The van der Waals surface area contributed by atoms with Crippen LogP contribution in [0.25, 0.3) is 0 Å². The molecule has 178 valence electrons. The average molecular weight is 466 g/mol. The summed E-state index contributed by atoms with van der Waals surface area (Å²) in [5.74, 6) is 2.29. The molecule has 2 N–H and O–H groups in total. The van der Waals surface area contributed by atoms with Gasteiger partial charge >= 0.3 is 0 Å². The Morgan fingerprint density at radius 3 is 2.47 bits per heavy atom. The number of amides is 1. The van der Waals surface area contributed by atoms with Gasteiger partial charge in [-0.25, -0.2) is 4.68 Å². The molecule has 0 fully saturated rings. The van der Waals surface area contributed by atoms with Crippen LogP contribution in [0.1, 0.15) is 25.5 Å². The highest BCUT2D eigenvalue weighted by Crippen LogP contribution is 2.44. The third kappa shape index (κ3) is 4.09. The third-order valence-electron chi connectivity index (χ3n) is 5.50. The lowest BCUT2D eigenvalue weighted by molar-refractivity contribution is -0.113. The summed E-state index contributed by atoms with van der Waals surface area (Å²) in [5.41, 5.74) is 2.30. The van der Waals surface area contributed by atoms with Gasteiger partial charge in [0.1, 0.15) is 23.9 Å². The number of fused-ring (bicyclic) bond motifs is 1. The van der Waals surface area contributed by atoms with Crippen LogP contribution in [-0.4, -0.2) is 48.6 Å². The van der Waals surface area contributed by atoms with Gasteiger partial charge in [-0.05, 0) is 32.0 Å². The van der Waals surface area contributed by atoms with Crippen LogP contribution in [-0.2, 0) is 4.79 Å². The van der Waals surface area contributed by atoms with Gasteiger partial charge in [-0.2, -0.15) is 10.1 Å². The minimum Gasteiger partial charge on any atom is -0.496 e. The van der Waals surface area contributed by atoms with Crippen LogP contribution in [0.15, 0.2) is 54.0 Å². The first-order valence-corrected chi connectivity index (χ1v) is 10.7. The summed E-state index contributed by atoms with van der Waals surface area (Å²) in [6.45, 7) is 4.19. The maximum absolute atomic E-state index is 13.7. The normalized spacial score (nSPS) is 14.7. The highest BCUT2D eigenvalue weighted by atomic mass is 16.5. The average Bonchev–Trinajstić information content (AvgIpc) is 3.31. The maximum Gasteiger partial charge on any atom is 0.255 e. The lowest BCUT2D eigenvalue weighted by atomic mass is 9.93. The Hall–Kier alpha value is -4.21. The minimum absolute atomic E-state index is 0.319. The lowest BCUT2D eigenvalue weighted by Gasteiger charge is -2.30. The van der Waals surface area contributed by atoms with Crippen molar-refractivity contribution in [3.8, 4) is 23.0 Å². The zero-order valence-electron chi connectivity index (χ0n) is 19.7. The zero-order chi connectivity index (χ0) is 24.2. The predicted octanol–water partition coefficient (Wildman–Crippen LogP) is 3.63. The monoisotopic (exact) mass is 465 g/mol. The van der Waals surface area contributed by atoms with Crippen molar-refractivity contribution in [2.75, 3.05) is 38.6 Å². The van der Waals surface area contributed by atoms with E-state index in [0.29, 0.717) is 58.1 Å². The van der Waals surface area contributed by atoms with Crippen molar-refractivity contribution in [3.63, 3.8) is 0 Å². The molecule has 0 radical (unpaired) electrons. The summed E-state index contributed by atoms with van der Waals surface area (Å²) < 4.78 is 23.9. The van der Waals surface area contributed by atoms with E-state index in [2.05, 4.69) is 20.7 Å². The van der Waals surface area contributed by atoms with E-state index in [0.717, 1.165) is 0 Å². The van der Waals surface area contributed by atoms with Gasteiger partial charge in [-0.1, -0.05) is 12.1 Å². The van der Waals surface area contributed by atoms with E-state index in [9.17, 15) is 4.79 Å². The fourth-order valence-electron chi connectivity index (χ4n) is 3.98. The summed E-state index contributed by atoms with van der Waals surface area (Å²) in [6.07, 6.45) is 1.43. The molecule has 34 heavy (non-hydrogen) atoms. The minimum atomic E-state index is -0.646. The molecule has 1 amide bonds. The number of hydrogen-bond donors (Lipinski definition) is 2. The molecule has 1 unspecified atom stereocenters. The molecule has 4 rings (SSSR count). The second-order valence-corrected chi connectivity index (χ2v) is 7.43. The van der Waals surface area contributed by atoms with Crippen LogP contribution in [0.2, 0.25) is 0 Å². The van der Waals surface area contributed by atoms with E-state index in [1.165, 1.54) is 6.33 Å². The number of hydrogen-bond acceptors (Lipinski definition) is 8. The highest BCUT2D eigenvalue weighted by molar-refractivity contribution is 6.06. The number of carbonyl (C=O) groups is 1. The van der Waals surface area contributed by atoms with Crippen molar-refractivity contribution < 1.29 is 23.7 Å². The number of para-hydroxylation sites is 2. The number of aromatic nitrogens is 3. The fraction of sp³-hybridized carbons (Fsp3) is 0.292. The van der Waals surface area contributed by atoms with E-state index in [-0.39, 0.29) is 5.91 Å². The van der Waals surface area contributed by atoms with E-state index in [4.69, 9.17) is 18.9 Å². The SMILES string of the molecule is CCOc1ccccc1NC(=O)C1=C(C)Nc2ncnn2C1c1cc(OC)c(OC)cc1OC. The summed E-state index contributed by atoms with van der Waals surface area (Å²) in [5, 5.41) is 10.5. The van der Waals surface area contributed by atoms with Crippen molar-refractivity contribution in [2.24, 2.45) is 0 Å². The molecular formula is C24H27N5O5. The molecule has 2 heterocycles. The van der Waals surface area contributed by atoms with Crippen molar-refractivity contribution in [3.05, 3.63) is 59.6 Å². The quantitative estimate of drug-likeness (QED) is 0.519. The summed E-state index contributed by atoms with van der Waals surface area (Å²) in [4.78, 5) is 18.0. The molecule has 10 nitrogen and oxygen atoms in total. The van der Waals surface area contributed by atoms with Crippen LogP contribution >= 0.6 is 0 Å². The molecule has 0 saturated carbocycles. The standard InChI is InChI=1S/C24H27N5O5/c1-6-34-17-10-8-7-9-16(17)28-23(30)21-14(2)27-24-25-13-26-29(24)22(21)15-11-19(32-4)20(33-5)12-18(15)31-3/h7-13,22H,6H2,1-5H3,(H,28,30)(H,25,26,27). The Morgan fingerprint density at radius 1 is 1.06 bits per heavy atom. The van der Waals surface area contributed by atoms with E-state index >= 15 is 0 Å². The van der Waals surface area contributed by atoms with Gasteiger partial charge in [-0.15, -0.1) is 0 Å². The molecule has 1 aliphatic heterocycles. The Morgan fingerprint density at radius 2 is 1.76 bits per heavy atom. The molecule has 10 heteroatoms. The molecule has 1 aliphatic rings. The number of anilines is 2. The van der Waals surface area contributed by atoms with Gasteiger partial charge in [-0.3, -0.25) is 4.79 Å². The first kappa shape index (κ1) is 23.0. The molecule has 1 atom stereocenters. The number of nitrogens with zero attached hydrogens (tertiary/aromatic N) is 3. The molecule has 0 aliphatic carbocycles. The van der Waals surface area contributed by atoms with Gasteiger partial charge in [0.05, 0.1) is 39.2 Å². The summed E-state index contributed by atoms with van der Waals surface area (Å²) in [6, 6.07) is 10.2. The van der Waals surface area contributed by atoms with Gasteiger partial charge in [0.25, 0.3) is 5.91 Å². The number of nitrogens with one attached hydrogen (secondary N) is 2. The molecule has 0 spiro atoms. The molecule has 2 aromatic carbocycles. The molecule has 1 aromatic heterocycles. The second kappa shape index (κ2) is 9.74. The van der Waals surface area contributed by atoms with Crippen LogP contribution in [0.5, 0.6) is 23.0 Å². The zero-order valence-corrected chi connectivity index (χ0v) is 19.7. The number of methoxy groups -OCH3 is 3. The van der Waals surface area contributed by atoms with Gasteiger partial charge in [0.15, 0.2) is 11.5 Å². The molecule has 0 saturated heterocycles. The summed E-state index contributed by atoms with van der Waals surface area (Å²) in [7, 11) is 4.66. The highest BCUT2D eigenvalue weighted by Gasteiger charge is 2.36. The van der Waals surface area contributed by atoms with Gasteiger partial charge in [0, 0.05) is 17.3 Å². The van der Waals surface area contributed by atoms with Crippen molar-refractivity contribution in [1.82, 2.24) is 14.8 Å². The van der Waals surface area contributed by atoms with Crippen LogP contribution < -0.4 is 29.6 Å². The Kier molecular flexibility index (Phi) is 6.58. The van der Waals surface area contributed by atoms with Crippen molar-refractivity contribution in [1.29, 1.82) is 0 Å². The van der Waals surface area contributed by atoms with E-state index in [1.807, 2.05) is 32.0 Å². The largest absolute Gasteiger partial charge is 0.496 e. The smallest absolute Gasteiger partial charge is 0.255 e. The first-order chi connectivity index (χ1) is 16.5. The number of rotatable bonds is 8. The Bertz CT molecular complexity index is 1240. The van der Waals surface area contributed by atoms with E-state index in [1.54, 1.807) is 44.2 Å². The maximum atomic E-state index is 13.7. The first-order valence-electron chi connectivity index (χ1n) is 10.7. The molecule has 0 bridgehead atoms. The number of allylic oxidation sites excluding steroid dienone is 1. The van der Waals surface area contributed by atoms with Gasteiger partial charge < -0.3 is 29.6 Å². The van der Waals surface area contributed by atoms with Crippen molar-refractivity contribution in [2.45, 2.75) is 19.9 Å². The van der Waals surface area contributed by atoms with Crippen LogP contribution in [0.3, 0.4) is 0 Å². The number of ether oxygens (including phenoxy) is 4. The molecular weight excluding hydrogens is 438 g/mol. The topological polar surface area (TPSA) is 109 Å². The van der Waals surface area contributed by atoms with Crippen LogP contribution in [0, 0.1) is 0 Å². The summed E-state index contributed by atoms with van der Waals surface area (Å²) >= 11 is 0.